The first-order valence-electron chi connectivity index (χ1n) is 6.12. The van der Waals surface area contributed by atoms with E-state index >= 15 is 0 Å². The van der Waals surface area contributed by atoms with Crippen LogP contribution in [0.2, 0.25) is 0 Å². The molecule has 1 aromatic heterocycles. The van der Waals surface area contributed by atoms with E-state index in [0.29, 0.717) is 24.0 Å². The number of nitrogens with one attached hydrogen (secondary N) is 1. The van der Waals surface area contributed by atoms with Gasteiger partial charge in [-0.15, -0.1) is 0 Å². The predicted octanol–water partition coefficient (Wildman–Crippen LogP) is 1.75. The van der Waals surface area contributed by atoms with E-state index in [2.05, 4.69) is 20.7 Å². The van der Waals surface area contributed by atoms with Gasteiger partial charge in [-0.05, 0) is 11.1 Å². The van der Waals surface area contributed by atoms with Crippen molar-refractivity contribution in [2.45, 2.75) is 25.2 Å². The van der Waals surface area contributed by atoms with Crippen LogP contribution in [0, 0.1) is 0 Å². The van der Waals surface area contributed by atoms with Gasteiger partial charge in [0, 0.05) is 25.1 Å². The lowest BCUT2D eigenvalue weighted by Gasteiger charge is -2.16. The summed E-state index contributed by atoms with van der Waals surface area (Å²) in [6.07, 6.45) is 0.254. The lowest BCUT2D eigenvalue weighted by Crippen LogP contribution is -2.21. The average Bonchev–Trinajstić information content (AvgIpc) is 2.96. The molecule has 0 saturated heterocycles. The van der Waals surface area contributed by atoms with Crippen molar-refractivity contribution in [1.29, 1.82) is 0 Å². The Balaban J connectivity index is 1.79. The van der Waals surface area contributed by atoms with Crippen LogP contribution in [-0.2, 0) is 17.8 Å². The summed E-state index contributed by atoms with van der Waals surface area (Å²) in [5.74, 6) is 0.663. The summed E-state index contributed by atoms with van der Waals surface area (Å²) >= 11 is 1.29. The Hall–Kier alpha value is -1.50. The zero-order valence-corrected chi connectivity index (χ0v) is 11.4. The summed E-state index contributed by atoms with van der Waals surface area (Å²) in [5.41, 5.74) is 2.33. The third kappa shape index (κ3) is 2.47. The minimum Gasteiger partial charge on any atom is -0.390 e. The van der Waals surface area contributed by atoms with E-state index in [1.165, 1.54) is 17.1 Å². The number of aliphatic hydroxyl groups is 1. The van der Waals surface area contributed by atoms with Gasteiger partial charge in [-0.1, -0.05) is 24.3 Å². The van der Waals surface area contributed by atoms with E-state index in [9.17, 15) is 5.11 Å². The van der Waals surface area contributed by atoms with E-state index in [0.717, 1.165) is 5.56 Å². The Bertz CT molecular complexity index is 573. The number of hydrogen-bond acceptors (Lipinski definition) is 6. The molecule has 1 aliphatic carbocycles. The molecule has 0 aliphatic heterocycles. The molecule has 100 valence electrons. The maximum Gasteiger partial charge on any atom is 0.203 e. The fraction of sp³-hybridized carbons (Fsp3) is 0.385. The third-order valence-electron chi connectivity index (χ3n) is 3.22. The number of methoxy groups -OCH3 is 1. The van der Waals surface area contributed by atoms with Gasteiger partial charge < -0.3 is 15.2 Å². The molecule has 2 atom stereocenters. The number of hydrogen-bond donors (Lipinski definition) is 2. The molecule has 5 nitrogen and oxygen atoms in total. The van der Waals surface area contributed by atoms with Crippen LogP contribution in [0.25, 0.3) is 0 Å². The van der Waals surface area contributed by atoms with Crippen LogP contribution in [0.3, 0.4) is 0 Å². The first kappa shape index (κ1) is 12.5. The predicted molar refractivity (Wildman–Crippen MR) is 73.1 cm³/mol. The van der Waals surface area contributed by atoms with Gasteiger partial charge in [0.25, 0.3) is 0 Å². The molecule has 19 heavy (non-hydrogen) atoms. The molecule has 0 saturated carbocycles. The van der Waals surface area contributed by atoms with Gasteiger partial charge in [-0.3, -0.25) is 0 Å². The van der Waals surface area contributed by atoms with E-state index in [-0.39, 0.29) is 6.04 Å². The molecular formula is C13H15N3O2S. The minimum atomic E-state index is -0.424. The number of aliphatic hydroxyl groups excluding tert-OH is 1. The molecule has 0 unspecified atom stereocenters. The fourth-order valence-corrected chi connectivity index (χ4v) is 2.99. The van der Waals surface area contributed by atoms with Gasteiger partial charge in [-0.25, -0.2) is 4.98 Å². The zero-order chi connectivity index (χ0) is 13.2. The van der Waals surface area contributed by atoms with Crippen LogP contribution in [0.1, 0.15) is 23.0 Å². The van der Waals surface area contributed by atoms with Crippen molar-refractivity contribution in [3.63, 3.8) is 0 Å². The topological polar surface area (TPSA) is 67.3 Å². The number of nitrogens with zero attached hydrogens (tertiary/aromatic N) is 2. The van der Waals surface area contributed by atoms with Gasteiger partial charge >= 0.3 is 0 Å². The van der Waals surface area contributed by atoms with Crippen molar-refractivity contribution in [2.75, 3.05) is 12.4 Å². The van der Waals surface area contributed by atoms with Crippen molar-refractivity contribution in [3.8, 4) is 0 Å². The Morgan fingerprint density at radius 2 is 2.32 bits per heavy atom. The number of rotatable bonds is 4. The average molecular weight is 277 g/mol. The third-order valence-corrected chi connectivity index (χ3v) is 3.91. The van der Waals surface area contributed by atoms with Gasteiger partial charge in [0.15, 0.2) is 5.82 Å². The monoisotopic (exact) mass is 277 g/mol. The number of fused-ring (bicyclic) bond motifs is 1. The Morgan fingerprint density at radius 3 is 3.16 bits per heavy atom. The Morgan fingerprint density at radius 1 is 1.47 bits per heavy atom. The molecule has 0 amide bonds. The summed E-state index contributed by atoms with van der Waals surface area (Å²) in [6, 6.07) is 7.97. The van der Waals surface area contributed by atoms with Gasteiger partial charge in [-0.2, -0.15) is 4.37 Å². The van der Waals surface area contributed by atoms with Crippen LogP contribution >= 0.6 is 11.5 Å². The van der Waals surface area contributed by atoms with E-state index < -0.39 is 6.10 Å². The van der Waals surface area contributed by atoms with Crippen LogP contribution in [0.4, 0.5) is 5.13 Å². The molecule has 3 rings (SSSR count). The molecule has 0 radical (unpaired) electrons. The fourth-order valence-electron chi connectivity index (χ4n) is 2.38. The summed E-state index contributed by atoms with van der Waals surface area (Å²) in [5, 5.41) is 14.1. The van der Waals surface area contributed by atoms with E-state index in [1.54, 1.807) is 7.11 Å². The highest BCUT2D eigenvalue weighted by Gasteiger charge is 2.31. The second kappa shape index (κ2) is 5.24. The molecule has 6 heteroatoms. The van der Waals surface area contributed by atoms with Crippen LogP contribution in [0.15, 0.2) is 24.3 Å². The lowest BCUT2D eigenvalue weighted by atomic mass is 10.1. The highest BCUT2D eigenvalue weighted by atomic mass is 32.1. The summed E-state index contributed by atoms with van der Waals surface area (Å²) < 4.78 is 9.18. The van der Waals surface area contributed by atoms with Crippen molar-refractivity contribution in [2.24, 2.45) is 0 Å². The van der Waals surface area contributed by atoms with Crippen molar-refractivity contribution in [1.82, 2.24) is 9.36 Å². The second-order valence-electron chi connectivity index (χ2n) is 4.54. The van der Waals surface area contributed by atoms with Gasteiger partial charge in [0.1, 0.15) is 6.61 Å². The Kier molecular flexibility index (Phi) is 3.46. The molecule has 1 aromatic carbocycles. The van der Waals surface area contributed by atoms with Crippen molar-refractivity contribution in [3.05, 3.63) is 41.2 Å². The smallest absolute Gasteiger partial charge is 0.203 e. The molecular weight excluding hydrogens is 262 g/mol. The normalized spacial score (nSPS) is 21.4. The summed E-state index contributed by atoms with van der Waals surface area (Å²) in [4.78, 5) is 4.33. The second-order valence-corrected chi connectivity index (χ2v) is 5.29. The van der Waals surface area contributed by atoms with E-state index in [1.807, 2.05) is 18.2 Å². The minimum absolute atomic E-state index is 0.112. The van der Waals surface area contributed by atoms with E-state index in [4.69, 9.17) is 4.74 Å². The maximum absolute atomic E-state index is 10.2. The van der Waals surface area contributed by atoms with Gasteiger partial charge in [0.2, 0.25) is 5.13 Å². The highest BCUT2D eigenvalue weighted by Crippen LogP contribution is 2.34. The van der Waals surface area contributed by atoms with Crippen LogP contribution in [0.5, 0.6) is 0 Å². The first-order valence-corrected chi connectivity index (χ1v) is 6.89. The first-order chi connectivity index (χ1) is 9.28. The molecule has 0 spiro atoms. The maximum atomic E-state index is 10.2. The number of anilines is 1. The number of ether oxygens (including phenoxy) is 1. The zero-order valence-electron chi connectivity index (χ0n) is 10.5. The Labute approximate surface area is 115 Å². The van der Waals surface area contributed by atoms with Crippen LogP contribution < -0.4 is 5.32 Å². The summed E-state index contributed by atoms with van der Waals surface area (Å²) in [6.45, 7) is 0.405. The van der Waals surface area contributed by atoms with Crippen molar-refractivity contribution >= 4 is 16.7 Å². The molecule has 1 heterocycles. The highest BCUT2D eigenvalue weighted by molar-refractivity contribution is 7.09. The number of aromatic nitrogens is 2. The molecule has 0 bridgehead atoms. The van der Waals surface area contributed by atoms with Crippen molar-refractivity contribution < 1.29 is 9.84 Å². The standard InChI is InChI=1S/C13H15N3O2S/c1-18-7-11-14-13(19-16-11)15-12-9-5-3-2-4-8(9)6-10(12)17/h2-5,10,12,17H,6-7H2,1H3,(H,14,15,16)/t10-,12+/m1/s1. The lowest BCUT2D eigenvalue weighted by molar-refractivity contribution is 0.165. The SMILES string of the molecule is COCc1nsc(N[C@H]2c3ccccc3C[C@H]2O)n1. The quantitative estimate of drug-likeness (QED) is 0.891. The summed E-state index contributed by atoms with van der Waals surface area (Å²) in [7, 11) is 1.62. The van der Waals surface area contributed by atoms with Crippen LogP contribution in [-0.4, -0.2) is 27.7 Å². The molecule has 1 aliphatic rings. The molecule has 2 aromatic rings. The molecule has 2 N–H and O–H groups in total. The molecule has 0 fully saturated rings. The number of benzene rings is 1. The largest absolute Gasteiger partial charge is 0.390 e. The van der Waals surface area contributed by atoms with Gasteiger partial charge in [0.05, 0.1) is 12.1 Å².